The zero-order valence-electron chi connectivity index (χ0n) is 11.7. The number of likely N-dealkylation sites (tertiary alicyclic amines) is 1. The molecule has 3 heterocycles. The summed E-state index contributed by atoms with van der Waals surface area (Å²) in [7, 11) is 0. The molecule has 3 rings (SSSR count). The van der Waals surface area contributed by atoms with Gasteiger partial charge in [-0.2, -0.15) is 0 Å². The van der Waals surface area contributed by atoms with E-state index in [0.29, 0.717) is 12.1 Å². The van der Waals surface area contributed by atoms with Crippen LogP contribution in [0.4, 0.5) is 11.5 Å². The van der Waals surface area contributed by atoms with Crippen molar-refractivity contribution in [3.05, 3.63) is 28.4 Å². The molecule has 0 bridgehead atoms. The molecule has 0 amide bonds. The third-order valence-electron chi connectivity index (χ3n) is 4.52. The number of nitrogens with zero attached hydrogens (tertiary/aromatic N) is 4. The van der Waals surface area contributed by atoms with Gasteiger partial charge in [-0.1, -0.05) is 0 Å². The number of pyridine rings is 1. The lowest BCUT2D eigenvalue weighted by atomic mass is 10.2. The third-order valence-corrected chi connectivity index (χ3v) is 4.52. The molecule has 108 valence electrons. The van der Waals surface area contributed by atoms with E-state index in [1.165, 1.54) is 31.9 Å². The molecule has 2 atom stereocenters. The maximum atomic E-state index is 10.6. The molecule has 1 aromatic heterocycles. The molecule has 2 unspecified atom stereocenters. The van der Waals surface area contributed by atoms with Gasteiger partial charge < -0.3 is 15.0 Å². The fraction of sp³-hybridized carbons (Fsp3) is 0.643. The van der Waals surface area contributed by atoms with Crippen molar-refractivity contribution in [2.45, 2.75) is 38.3 Å². The maximum Gasteiger partial charge on any atom is 0.363 e. The van der Waals surface area contributed by atoms with Crippen molar-refractivity contribution in [2.75, 3.05) is 24.5 Å². The van der Waals surface area contributed by atoms with Gasteiger partial charge in [0.1, 0.15) is 0 Å². The first-order valence-electron chi connectivity index (χ1n) is 7.26. The summed E-state index contributed by atoms with van der Waals surface area (Å²) in [6.07, 6.45) is 5.39. The Morgan fingerprint density at radius 1 is 1.35 bits per heavy atom. The van der Waals surface area contributed by atoms with Gasteiger partial charge in [-0.05, 0) is 48.7 Å². The highest BCUT2D eigenvalue weighted by Gasteiger charge is 2.33. The monoisotopic (exact) mass is 276 g/mol. The zero-order chi connectivity index (χ0) is 14.1. The van der Waals surface area contributed by atoms with E-state index in [0.717, 1.165) is 18.8 Å². The highest BCUT2D eigenvalue weighted by molar-refractivity contribution is 5.47. The van der Waals surface area contributed by atoms with Crippen LogP contribution >= 0.6 is 0 Å². The summed E-state index contributed by atoms with van der Waals surface area (Å²) >= 11 is 0. The Morgan fingerprint density at radius 2 is 2.20 bits per heavy atom. The van der Waals surface area contributed by atoms with Crippen LogP contribution in [0.3, 0.4) is 0 Å². The van der Waals surface area contributed by atoms with E-state index in [1.54, 1.807) is 12.3 Å². The van der Waals surface area contributed by atoms with Gasteiger partial charge in [0.05, 0.1) is 5.69 Å². The molecular weight excluding hydrogens is 256 g/mol. The third kappa shape index (κ3) is 2.47. The average Bonchev–Trinajstić information content (AvgIpc) is 3.07. The Labute approximate surface area is 118 Å². The lowest BCUT2D eigenvalue weighted by molar-refractivity contribution is -0.389. The number of aromatic nitrogens is 1. The number of anilines is 1. The zero-order valence-corrected chi connectivity index (χ0v) is 11.7. The highest BCUT2D eigenvalue weighted by Crippen LogP contribution is 2.28. The van der Waals surface area contributed by atoms with E-state index in [4.69, 9.17) is 0 Å². The molecule has 0 N–H and O–H groups in total. The van der Waals surface area contributed by atoms with Crippen LogP contribution in [0.25, 0.3) is 0 Å². The van der Waals surface area contributed by atoms with Crippen molar-refractivity contribution in [3.8, 4) is 0 Å². The molecule has 2 fully saturated rings. The van der Waals surface area contributed by atoms with Crippen LogP contribution in [0.1, 0.15) is 26.2 Å². The Bertz CT molecular complexity index is 490. The fourth-order valence-corrected chi connectivity index (χ4v) is 3.42. The first-order chi connectivity index (χ1) is 9.65. The van der Waals surface area contributed by atoms with Gasteiger partial charge in [0.15, 0.2) is 6.20 Å². The lowest BCUT2D eigenvalue weighted by Crippen LogP contribution is -2.39. The van der Waals surface area contributed by atoms with Gasteiger partial charge in [0.25, 0.3) is 0 Å². The van der Waals surface area contributed by atoms with Crippen LogP contribution in [0.5, 0.6) is 0 Å². The normalized spacial score (nSPS) is 27.1. The van der Waals surface area contributed by atoms with Gasteiger partial charge in [-0.15, -0.1) is 0 Å². The predicted octanol–water partition coefficient (Wildman–Crippen LogP) is 2.05. The molecule has 0 aromatic carbocycles. The average molecular weight is 276 g/mol. The van der Waals surface area contributed by atoms with Gasteiger partial charge in [-0.25, -0.2) is 0 Å². The number of hydrogen-bond donors (Lipinski definition) is 0. The minimum atomic E-state index is -0.456. The van der Waals surface area contributed by atoms with Crippen LogP contribution in [-0.4, -0.2) is 46.5 Å². The van der Waals surface area contributed by atoms with Crippen LogP contribution < -0.4 is 4.90 Å². The molecule has 2 aliphatic heterocycles. The molecule has 0 saturated carbocycles. The summed E-state index contributed by atoms with van der Waals surface area (Å²) < 4.78 is 0. The van der Waals surface area contributed by atoms with Crippen molar-refractivity contribution in [3.63, 3.8) is 0 Å². The maximum absolute atomic E-state index is 10.6. The topological polar surface area (TPSA) is 62.5 Å². The standard InChI is InChI=1S/C14H20N4O2/c1-11-3-2-7-17(11)13-6-8-16(10-13)12-4-5-14(15-9-12)18(19)20/h4-5,9,11,13H,2-3,6-8,10H2,1H3. The largest absolute Gasteiger partial charge is 0.367 e. The molecule has 1 aromatic rings. The molecule has 0 aliphatic carbocycles. The van der Waals surface area contributed by atoms with Gasteiger partial charge in [0, 0.05) is 31.2 Å². The second kappa shape index (κ2) is 5.36. The smallest absolute Gasteiger partial charge is 0.363 e. The van der Waals surface area contributed by atoms with Crippen LogP contribution in [0, 0.1) is 10.1 Å². The van der Waals surface area contributed by atoms with E-state index in [2.05, 4.69) is 21.7 Å². The van der Waals surface area contributed by atoms with Gasteiger partial charge in [0.2, 0.25) is 0 Å². The van der Waals surface area contributed by atoms with Crippen molar-refractivity contribution < 1.29 is 4.92 Å². The summed E-state index contributed by atoms with van der Waals surface area (Å²) in [5, 5.41) is 10.6. The fourth-order valence-electron chi connectivity index (χ4n) is 3.42. The van der Waals surface area contributed by atoms with Crippen molar-refractivity contribution in [1.82, 2.24) is 9.88 Å². The summed E-state index contributed by atoms with van der Waals surface area (Å²) in [4.78, 5) is 19.0. The van der Waals surface area contributed by atoms with E-state index < -0.39 is 4.92 Å². The molecular formula is C14H20N4O2. The molecule has 6 nitrogen and oxygen atoms in total. The summed E-state index contributed by atoms with van der Waals surface area (Å²) in [5.41, 5.74) is 0.991. The Kier molecular flexibility index (Phi) is 3.56. The van der Waals surface area contributed by atoms with Crippen molar-refractivity contribution in [2.24, 2.45) is 0 Å². The first kappa shape index (κ1) is 13.3. The Morgan fingerprint density at radius 3 is 2.80 bits per heavy atom. The summed E-state index contributed by atoms with van der Waals surface area (Å²) in [6, 6.07) is 4.60. The van der Waals surface area contributed by atoms with E-state index in [9.17, 15) is 10.1 Å². The van der Waals surface area contributed by atoms with Crippen LogP contribution in [0.2, 0.25) is 0 Å². The minimum Gasteiger partial charge on any atom is -0.367 e. The Balaban J connectivity index is 1.66. The first-order valence-corrected chi connectivity index (χ1v) is 7.26. The van der Waals surface area contributed by atoms with Crippen molar-refractivity contribution in [1.29, 1.82) is 0 Å². The predicted molar refractivity (Wildman–Crippen MR) is 76.9 cm³/mol. The number of rotatable bonds is 3. The second-order valence-corrected chi connectivity index (χ2v) is 5.75. The van der Waals surface area contributed by atoms with E-state index >= 15 is 0 Å². The molecule has 2 aliphatic rings. The SMILES string of the molecule is CC1CCCN1C1CCN(c2ccc([N+](=O)[O-])nc2)C1. The Hall–Kier alpha value is -1.69. The quantitative estimate of drug-likeness (QED) is 0.624. The number of nitro groups is 1. The summed E-state index contributed by atoms with van der Waals surface area (Å²) in [6.45, 7) is 5.53. The van der Waals surface area contributed by atoms with Crippen LogP contribution in [-0.2, 0) is 0 Å². The van der Waals surface area contributed by atoms with Gasteiger partial charge >= 0.3 is 5.82 Å². The summed E-state index contributed by atoms with van der Waals surface area (Å²) in [5.74, 6) is -0.0855. The molecule has 6 heteroatoms. The molecule has 2 saturated heterocycles. The van der Waals surface area contributed by atoms with Crippen LogP contribution in [0.15, 0.2) is 18.3 Å². The molecule has 0 radical (unpaired) electrons. The lowest BCUT2D eigenvalue weighted by Gasteiger charge is -2.28. The van der Waals surface area contributed by atoms with E-state index in [1.807, 2.05) is 0 Å². The number of hydrogen-bond acceptors (Lipinski definition) is 5. The highest BCUT2D eigenvalue weighted by atomic mass is 16.6. The van der Waals surface area contributed by atoms with Gasteiger partial charge in [-0.3, -0.25) is 4.90 Å². The van der Waals surface area contributed by atoms with E-state index in [-0.39, 0.29) is 5.82 Å². The molecule has 20 heavy (non-hydrogen) atoms. The minimum absolute atomic E-state index is 0.0855. The van der Waals surface area contributed by atoms with Crippen molar-refractivity contribution >= 4 is 11.5 Å². The second-order valence-electron chi connectivity index (χ2n) is 5.75. The molecule has 0 spiro atoms.